The van der Waals surface area contributed by atoms with Crippen LogP contribution in [-0.2, 0) is 4.79 Å². The number of anilines is 1. The minimum Gasteiger partial charge on any atom is -0.492 e. The average Bonchev–Trinajstić information content (AvgIpc) is 3.62. The average molecular weight is 577 g/mol. The summed E-state index contributed by atoms with van der Waals surface area (Å²) < 4.78 is 20.4. The number of H-pyrrole nitrogens is 2. The maximum atomic E-state index is 14.6. The Kier molecular flexibility index (Phi) is 6.78. The lowest BCUT2D eigenvalue weighted by Crippen LogP contribution is -2.19. The van der Waals surface area contributed by atoms with Crippen LogP contribution >= 0.6 is 0 Å². The number of hydrogen-bond acceptors (Lipinski definition) is 7. The van der Waals surface area contributed by atoms with Gasteiger partial charge in [0.1, 0.15) is 29.4 Å². The van der Waals surface area contributed by atoms with E-state index in [1.54, 1.807) is 18.6 Å². The molecule has 6 aromatic rings. The molecule has 0 aliphatic heterocycles. The first kappa shape index (κ1) is 26.7. The van der Waals surface area contributed by atoms with Crippen molar-refractivity contribution in [1.82, 2.24) is 35.0 Å². The quantitative estimate of drug-likeness (QED) is 0.203. The van der Waals surface area contributed by atoms with Gasteiger partial charge in [-0.15, -0.1) is 0 Å². The van der Waals surface area contributed by atoms with Crippen molar-refractivity contribution in [2.75, 3.05) is 32.6 Å². The summed E-state index contributed by atoms with van der Waals surface area (Å²) in [6.45, 7) is 1.16. The SMILES string of the molecule is CN(C)CCOc1cc(F)cc(-c2ccnc3[nH]c(-c4n[nH]c5ccc(-c6cncc(NC(=O)C7CC7)c6)cc45)nc23)c1. The largest absolute Gasteiger partial charge is 0.492 e. The van der Waals surface area contributed by atoms with Gasteiger partial charge in [-0.1, -0.05) is 6.07 Å². The number of likely N-dealkylation sites (N-methyl/N-ethyl adjacent to an activating group) is 1. The molecule has 1 aliphatic carbocycles. The predicted octanol–water partition coefficient (Wildman–Crippen LogP) is 5.66. The first-order valence-electron chi connectivity index (χ1n) is 14.1. The van der Waals surface area contributed by atoms with Crippen molar-refractivity contribution in [3.63, 3.8) is 0 Å². The molecule has 0 radical (unpaired) electrons. The molecule has 7 rings (SSSR count). The Morgan fingerprint density at radius 2 is 1.95 bits per heavy atom. The summed E-state index contributed by atoms with van der Waals surface area (Å²) in [6.07, 6.45) is 6.96. The van der Waals surface area contributed by atoms with Gasteiger partial charge in [-0.25, -0.2) is 14.4 Å². The van der Waals surface area contributed by atoms with E-state index in [1.165, 1.54) is 12.1 Å². The molecule has 2 aromatic carbocycles. The predicted molar refractivity (Wildman–Crippen MR) is 163 cm³/mol. The van der Waals surface area contributed by atoms with Crippen molar-refractivity contribution in [3.05, 3.63) is 72.9 Å². The van der Waals surface area contributed by atoms with E-state index < -0.39 is 5.82 Å². The van der Waals surface area contributed by atoms with Gasteiger partial charge in [-0.2, -0.15) is 5.10 Å². The highest BCUT2D eigenvalue weighted by atomic mass is 19.1. The topological polar surface area (TPSA) is 125 Å². The third kappa shape index (κ3) is 5.54. The number of aromatic amines is 2. The first-order chi connectivity index (χ1) is 20.9. The molecule has 3 N–H and O–H groups in total. The Morgan fingerprint density at radius 1 is 1.07 bits per heavy atom. The summed E-state index contributed by atoms with van der Waals surface area (Å²) in [7, 11) is 3.91. The number of carbonyl (C=O) groups excluding carboxylic acids is 1. The summed E-state index contributed by atoms with van der Waals surface area (Å²) in [4.78, 5) is 31.2. The fourth-order valence-electron chi connectivity index (χ4n) is 5.03. The van der Waals surface area contributed by atoms with Gasteiger partial charge in [0.15, 0.2) is 11.5 Å². The van der Waals surface area contributed by atoms with Gasteiger partial charge in [0.2, 0.25) is 5.91 Å². The fraction of sp³-hybridized carbons (Fsp3) is 0.219. The Bertz CT molecular complexity index is 1980. The summed E-state index contributed by atoms with van der Waals surface area (Å²) in [5.41, 5.74) is 6.43. The number of pyridine rings is 2. The van der Waals surface area contributed by atoms with E-state index in [0.29, 0.717) is 52.8 Å². The number of nitrogens with one attached hydrogen (secondary N) is 3. The zero-order valence-corrected chi connectivity index (χ0v) is 23.7. The Labute approximate surface area is 246 Å². The number of aromatic nitrogens is 6. The van der Waals surface area contributed by atoms with Gasteiger partial charge in [0.05, 0.1) is 17.4 Å². The number of imidazole rings is 1. The van der Waals surface area contributed by atoms with Crippen molar-refractivity contribution in [2.45, 2.75) is 12.8 Å². The molecule has 11 heteroatoms. The minimum absolute atomic E-state index is 0.0377. The zero-order chi connectivity index (χ0) is 29.5. The first-order valence-corrected chi connectivity index (χ1v) is 14.1. The summed E-state index contributed by atoms with van der Waals surface area (Å²) in [5, 5.41) is 11.5. The second-order valence-electron chi connectivity index (χ2n) is 11.0. The van der Waals surface area contributed by atoms with Crippen LogP contribution in [0.1, 0.15) is 12.8 Å². The highest BCUT2D eigenvalue weighted by Gasteiger charge is 2.29. The van der Waals surface area contributed by atoms with Gasteiger partial charge < -0.3 is 19.9 Å². The molecular weight excluding hydrogens is 547 g/mol. The van der Waals surface area contributed by atoms with E-state index in [9.17, 15) is 9.18 Å². The molecule has 4 heterocycles. The van der Waals surface area contributed by atoms with Crippen LogP contribution in [0.3, 0.4) is 0 Å². The molecule has 1 amide bonds. The van der Waals surface area contributed by atoms with Crippen LogP contribution < -0.4 is 10.1 Å². The van der Waals surface area contributed by atoms with Crippen LogP contribution in [0.5, 0.6) is 5.75 Å². The number of ether oxygens (including phenoxy) is 1. The third-order valence-electron chi connectivity index (χ3n) is 7.45. The number of rotatable bonds is 9. The van der Waals surface area contributed by atoms with Crippen LogP contribution in [0.2, 0.25) is 0 Å². The lowest BCUT2D eigenvalue weighted by Gasteiger charge is -2.12. The fourth-order valence-corrected chi connectivity index (χ4v) is 5.03. The molecular formula is C32H29FN8O2. The zero-order valence-electron chi connectivity index (χ0n) is 23.7. The molecule has 216 valence electrons. The molecule has 1 fully saturated rings. The van der Waals surface area contributed by atoms with Gasteiger partial charge in [0.25, 0.3) is 0 Å². The number of hydrogen-bond donors (Lipinski definition) is 3. The Balaban J connectivity index is 1.23. The van der Waals surface area contributed by atoms with Crippen LogP contribution in [0, 0.1) is 11.7 Å². The molecule has 1 aliphatic rings. The van der Waals surface area contributed by atoms with Crippen molar-refractivity contribution in [1.29, 1.82) is 0 Å². The normalized spacial score (nSPS) is 13.2. The van der Waals surface area contributed by atoms with Gasteiger partial charge in [-0.3, -0.25) is 14.9 Å². The molecule has 0 spiro atoms. The molecule has 43 heavy (non-hydrogen) atoms. The van der Waals surface area contributed by atoms with Crippen LogP contribution in [0.4, 0.5) is 10.1 Å². The number of amides is 1. The van der Waals surface area contributed by atoms with Crippen molar-refractivity contribution in [3.8, 4) is 39.5 Å². The number of benzene rings is 2. The minimum atomic E-state index is -0.394. The number of nitrogens with zero attached hydrogens (tertiary/aromatic N) is 5. The Morgan fingerprint density at radius 3 is 2.79 bits per heavy atom. The highest BCUT2D eigenvalue weighted by molar-refractivity contribution is 5.98. The lowest BCUT2D eigenvalue weighted by molar-refractivity contribution is -0.117. The van der Waals surface area contributed by atoms with Crippen LogP contribution in [-0.4, -0.2) is 68.2 Å². The standard InChI is InChI=1S/C32H29FN8O2/c1-41(2)9-10-43-24-13-20(11-22(33)15-24)25-7-8-35-30-28(25)37-31(38-30)29-26-14-19(5-6-27(26)39-40-29)21-12-23(17-34-16-21)36-32(42)18-3-4-18/h5-8,11-18H,3-4,9-10H2,1-2H3,(H,36,42)(H,39,40)(H,35,37,38). The molecule has 1 saturated carbocycles. The van der Waals surface area contributed by atoms with E-state index >= 15 is 0 Å². The summed E-state index contributed by atoms with van der Waals surface area (Å²) in [6, 6.07) is 14.3. The number of fused-ring (bicyclic) bond motifs is 2. The third-order valence-corrected chi connectivity index (χ3v) is 7.45. The van der Waals surface area contributed by atoms with Crippen molar-refractivity contribution >= 4 is 33.7 Å². The second kappa shape index (κ2) is 10.9. The smallest absolute Gasteiger partial charge is 0.227 e. The van der Waals surface area contributed by atoms with Gasteiger partial charge in [-0.05, 0) is 74.5 Å². The molecule has 4 aromatic heterocycles. The summed E-state index contributed by atoms with van der Waals surface area (Å²) in [5.74, 6) is 0.733. The molecule has 0 saturated heterocycles. The monoisotopic (exact) mass is 576 g/mol. The van der Waals surface area contributed by atoms with Crippen molar-refractivity contribution < 1.29 is 13.9 Å². The molecule has 0 bridgehead atoms. The van der Waals surface area contributed by atoms with E-state index in [0.717, 1.165) is 40.4 Å². The van der Waals surface area contributed by atoms with Crippen molar-refractivity contribution in [2.24, 2.45) is 5.92 Å². The van der Waals surface area contributed by atoms with E-state index in [1.807, 2.05) is 55.4 Å². The highest BCUT2D eigenvalue weighted by Crippen LogP contribution is 2.35. The van der Waals surface area contributed by atoms with Crippen LogP contribution in [0.15, 0.2) is 67.1 Å². The van der Waals surface area contributed by atoms with Gasteiger partial charge >= 0.3 is 0 Å². The number of carbonyl (C=O) groups is 1. The summed E-state index contributed by atoms with van der Waals surface area (Å²) >= 11 is 0. The van der Waals surface area contributed by atoms with E-state index in [2.05, 4.69) is 30.5 Å². The molecule has 0 unspecified atom stereocenters. The van der Waals surface area contributed by atoms with E-state index in [4.69, 9.17) is 9.72 Å². The lowest BCUT2D eigenvalue weighted by atomic mass is 10.0. The maximum absolute atomic E-state index is 14.6. The van der Waals surface area contributed by atoms with Gasteiger partial charge in [0, 0.05) is 47.4 Å². The maximum Gasteiger partial charge on any atom is 0.227 e. The Hall–Kier alpha value is -5.16. The molecule has 0 atom stereocenters. The van der Waals surface area contributed by atoms with E-state index in [-0.39, 0.29) is 11.8 Å². The second-order valence-corrected chi connectivity index (χ2v) is 11.0. The van der Waals surface area contributed by atoms with Crippen LogP contribution in [0.25, 0.3) is 55.8 Å². The number of halogens is 1. The molecule has 10 nitrogen and oxygen atoms in total.